The third-order valence-electron chi connectivity index (χ3n) is 1.54. The maximum absolute atomic E-state index is 11.8. The highest BCUT2D eigenvalue weighted by atomic mass is 19.4. The van der Waals surface area contributed by atoms with Gasteiger partial charge in [-0.3, -0.25) is 4.79 Å². The van der Waals surface area contributed by atoms with Crippen molar-refractivity contribution in [2.24, 2.45) is 5.73 Å². The minimum Gasteiger partial charge on any atom is -0.480 e. The molecule has 0 aliphatic carbocycles. The number of carboxylic acid groups (broad SMARTS) is 1. The molecule has 4 N–H and O–H groups in total. The average Bonchev–Trinajstić information content (AvgIpc) is 1.96. The first-order valence-corrected chi connectivity index (χ1v) is 4.01. The Hall–Kier alpha value is -0.820. The number of nitrogens with one attached hydrogen (secondary N) is 1. The van der Waals surface area contributed by atoms with Gasteiger partial charge in [0.05, 0.1) is 6.42 Å². The van der Waals surface area contributed by atoms with Gasteiger partial charge >= 0.3 is 12.1 Å². The Morgan fingerprint density at radius 1 is 1.57 bits per heavy atom. The van der Waals surface area contributed by atoms with Gasteiger partial charge in [0.1, 0.15) is 6.04 Å². The minimum atomic E-state index is -4.25. The molecule has 4 nitrogen and oxygen atoms in total. The fourth-order valence-corrected chi connectivity index (χ4v) is 0.835. The van der Waals surface area contributed by atoms with Crippen LogP contribution in [0.25, 0.3) is 0 Å². The number of hydrogen-bond acceptors (Lipinski definition) is 3. The Kier molecular flexibility index (Phi) is 4.86. The molecule has 2 unspecified atom stereocenters. The monoisotopic (exact) mass is 214 g/mol. The number of nitrogens with two attached hydrogens (primary N) is 1. The second kappa shape index (κ2) is 5.16. The van der Waals surface area contributed by atoms with Gasteiger partial charge in [0, 0.05) is 12.6 Å². The second-order valence-electron chi connectivity index (χ2n) is 3.07. The van der Waals surface area contributed by atoms with Crippen LogP contribution in [0.4, 0.5) is 13.2 Å². The van der Waals surface area contributed by atoms with Gasteiger partial charge in [-0.15, -0.1) is 0 Å². The van der Waals surface area contributed by atoms with Crippen molar-refractivity contribution < 1.29 is 23.1 Å². The molecule has 0 saturated carbocycles. The molecule has 0 bridgehead atoms. The van der Waals surface area contributed by atoms with Crippen molar-refractivity contribution in [3.05, 3.63) is 0 Å². The fourth-order valence-electron chi connectivity index (χ4n) is 0.835. The van der Waals surface area contributed by atoms with Crippen LogP contribution in [-0.4, -0.2) is 35.9 Å². The van der Waals surface area contributed by atoms with E-state index in [-0.39, 0.29) is 6.54 Å². The number of alkyl halides is 3. The average molecular weight is 214 g/mol. The van der Waals surface area contributed by atoms with E-state index in [1.54, 1.807) is 0 Å². The van der Waals surface area contributed by atoms with E-state index >= 15 is 0 Å². The molecule has 0 aromatic heterocycles. The molecule has 2 atom stereocenters. The maximum atomic E-state index is 11.8. The molecule has 0 aromatic rings. The number of carboxylic acids is 1. The van der Waals surface area contributed by atoms with E-state index < -0.39 is 30.7 Å². The molecule has 0 spiro atoms. The summed E-state index contributed by atoms with van der Waals surface area (Å²) < 4.78 is 35.4. The topological polar surface area (TPSA) is 75.3 Å². The molecule has 0 saturated heterocycles. The largest absolute Gasteiger partial charge is 0.480 e. The summed E-state index contributed by atoms with van der Waals surface area (Å²) in [6, 6.07) is -2.01. The molecule has 0 aliphatic rings. The van der Waals surface area contributed by atoms with Gasteiger partial charge in [-0.25, -0.2) is 0 Å². The van der Waals surface area contributed by atoms with Gasteiger partial charge in [-0.2, -0.15) is 13.2 Å². The summed E-state index contributed by atoms with van der Waals surface area (Å²) in [4.78, 5) is 10.2. The van der Waals surface area contributed by atoms with Crippen molar-refractivity contribution in [2.75, 3.05) is 6.54 Å². The first-order valence-electron chi connectivity index (χ1n) is 4.01. The molecule has 14 heavy (non-hydrogen) atoms. The highest BCUT2D eigenvalue weighted by Crippen LogP contribution is 2.21. The Balaban J connectivity index is 3.74. The van der Waals surface area contributed by atoms with Crippen LogP contribution in [0, 0.1) is 0 Å². The van der Waals surface area contributed by atoms with E-state index in [0.29, 0.717) is 0 Å². The van der Waals surface area contributed by atoms with Crippen molar-refractivity contribution >= 4 is 5.97 Å². The van der Waals surface area contributed by atoms with E-state index in [1.165, 1.54) is 6.92 Å². The molecule has 0 rings (SSSR count). The third kappa shape index (κ3) is 6.67. The summed E-state index contributed by atoms with van der Waals surface area (Å²) >= 11 is 0. The zero-order valence-corrected chi connectivity index (χ0v) is 7.64. The van der Waals surface area contributed by atoms with Gasteiger partial charge in [-0.1, -0.05) is 0 Å². The second-order valence-corrected chi connectivity index (χ2v) is 3.07. The van der Waals surface area contributed by atoms with Crippen LogP contribution in [0.2, 0.25) is 0 Å². The van der Waals surface area contributed by atoms with Crippen LogP contribution < -0.4 is 11.1 Å². The lowest BCUT2D eigenvalue weighted by atomic mass is 10.2. The van der Waals surface area contributed by atoms with Crippen LogP contribution in [0.15, 0.2) is 0 Å². The van der Waals surface area contributed by atoms with Gasteiger partial charge < -0.3 is 16.2 Å². The van der Waals surface area contributed by atoms with Crippen LogP contribution >= 0.6 is 0 Å². The Labute approximate surface area is 79.3 Å². The lowest BCUT2D eigenvalue weighted by Gasteiger charge is -2.16. The molecule has 0 amide bonds. The minimum absolute atomic E-state index is 0.174. The lowest BCUT2D eigenvalue weighted by Crippen LogP contribution is -2.44. The van der Waals surface area contributed by atoms with Crippen LogP contribution in [-0.2, 0) is 4.79 Å². The molecule has 0 radical (unpaired) electrons. The van der Waals surface area contributed by atoms with Crippen LogP contribution in [0.1, 0.15) is 13.3 Å². The predicted molar refractivity (Wildman–Crippen MR) is 43.7 cm³/mol. The standard InChI is InChI=1S/C7H13F3N2O2/c1-4(2-7(8,9)10)12-3-5(11)6(13)14/h4-5,12H,2-3,11H2,1H3,(H,13,14). The van der Waals surface area contributed by atoms with Crippen molar-refractivity contribution in [2.45, 2.75) is 31.6 Å². The third-order valence-corrected chi connectivity index (χ3v) is 1.54. The Morgan fingerprint density at radius 3 is 2.43 bits per heavy atom. The van der Waals surface area contributed by atoms with E-state index in [4.69, 9.17) is 10.8 Å². The van der Waals surface area contributed by atoms with Gasteiger partial charge in [0.25, 0.3) is 0 Å². The molecule has 0 heterocycles. The molecule has 0 fully saturated rings. The summed E-state index contributed by atoms with van der Waals surface area (Å²) in [7, 11) is 0. The van der Waals surface area contributed by atoms with Crippen LogP contribution in [0.3, 0.4) is 0 Å². The molecular formula is C7H13F3N2O2. The predicted octanol–water partition coefficient (Wildman–Crippen LogP) is 0.329. The Morgan fingerprint density at radius 2 is 2.07 bits per heavy atom. The summed E-state index contributed by atoms with van der Waals surface area (Å²) in [5.74, 6) is -1.24. The first-order chi connectivity index (χ1) is 6.22. The van der Waals surface area contributed by atoms with Crippen molar-refractivity contribution in [1.29, 1.82) is 0 Å². The van der Waals surface area contributed by atoms with Gasteiger partial charge in [0.15, 0.2) is 0 Å². The molecule has 0 aliphatic heterocycles. The summed E-state index contributed by atoms with van der Waals surface area (Å²) in [6.45, 7) is 1.15. The summed E-state index contributed by atoms with van der Waals surface area (Å²) in [6.07, 6.45) is -5.25. The highest BCUT2D eigenvalue weighted by molar-refractivity contribution is 5.73. The van der Waals surface area contributed by atoms with E-state index in [0.717, 1.165) is 0 Å². The zero-order chi connectivity index (χ0) is 11.4. The van der Waals surface area contributed by atoms with E-state index in [9.17, 15) is 18.0 Å². The zero-order valence-electron chi connectivity index (χ0n) is 7.64. The number of carbonyl (C=O) groups is 1. The van der Waals surface area contributed by atoms with Crippen molar-refractivity contribution in [3.63, 3.8) is 0 Å². The van der Waals surface area contributed by atoms with Crippen LogP contribution in [0.5, 0.6) is 0 Å². The SMILES string of the molecule is CC(CC(F)(F)F)NCC(N)C(=O)O. The lowest BCUT2D eigenvalue weighted by molar-refractivity contribution is -0.139. The van der Waals surface area contributed by atoms with Gasteiger partial charge in [-0.05, 0) is 6.92 Å². The number of rotatable bonds is 5. The van der Waals surface area contributed by atoms with E-state index in [2.05, 4.69) is 5.32 Å². The molecule has 7 heteroatoms. The van der Waals surface area contributed by atoms with Crippen molar-refractivity contribution in [1.82, 2.24) is 5.32 Å². The smallest absolute Gasteiger partial charge is 0.390 e. The summed E-state index contributed by atoms with van der Waals surface area (Å²) in [5, 5.41) is 10.7. The Bertz CT molecular complexity index is 196. The van der Waals surface area contributed by atoms with Crippen molar-refractivity contribution in [3.8, 4) is 0 Å². The quantitative estimate of drug-likeness (QED) is 0.616. The normalized spacial score (nSPS) is 16.4. The van der Waals surface area contributed by atoms with Gasteiger partial charge in [0.2, 0.25) is 0 Å². The number of aliphatic carboxylic acids is 1. The number of hydrogen-bond donors (Lipinski definition) is 3. The van der Waals surface area contributed by atoms with E-state index in [1.807, 2.05) is 0 Å². The fraction of sp³-hybridized carbons (Fsp3) is 0.857. The summed E-state index contributed by atoms with van der Waals surface area (Å²) in [5.41, 5.74) is 5.09. The molecule has 84 valence electrons. The maximum Gasteiger partial charge on any atom is 0.390 e. The highest BCUT2D eigenvalue weighted by Gasteiger charge is 2.30. The first kappa shape index (κ1) is 13.2. The molecule has 0 aromatic carbocycles. The number of halogens is 3. The molecular weight excluding hydrogens is 201 g/mol.